The van der Waals surface area contributed by atoms with E-state index in [-0.39, 0.29) is 18.2 Å². The van der Waals surface area contributed by atoms with Gasteiger partial charge in [0.1, 0.15) is 5.76 Å². The molecule has 3 N–H and O–H groups in total. The van der Waals surface area contributed by atoms with Gasteiger partial charge < -0.3 is 4.42 Å². The first-order valence-electron chi connectivity index (χ1n) is 9.18. The van der Waals surface area contributed by atoms with E-state index >= 15 is 0 Å². The van der Waals surface area contributed by atoms with Gasteiger partial charge in [0.25, 0.3) is 11.7 Å². The van der Waals surface area contributed by atoms with Crippen LogP contribution in [0.25, 0.3) is 0 Å². The number of aromatic amines is 1. The van der Waals surface area contributed by atoms with Gasteiger partial charge in [-0.15, -0.1) is 0 Å². The highest BCUT2D eigenvalue weighted by Crippen LogP contribution is 2.32. The number of benzene rings is 1. The second kappa shape index (κ2) is 7.33. The van der Waals surface area contributed by atoms with Crippen LogP contribution in [0.5, 0.6) is 0 Å². The molecule has 0 radical (unpaired) electrons. The van der Waals surface area contributed by atoms with Crippen LogP contribution in [0.4, 0.5) is 19.0 Å². The van der Waals surface area contributed by atoms with Crippen LogP contribution in [-0.4, -0.2) is 28.5 Å². The smallest absolute Gasteiger partial charge is 0.465 e. The number of anilines is 1. The zero-order valence-corrected chi connectivity index (χ0v) is 16.0. The number of halogens is 3. The molecule has 0 spiro atoms. The van der Waals surface area contributed by atoms with Crippen LogP contribution in [0.3, 0.4) is 0 Å². The lowest BCUT2D eigenvalue weighted by Crippen LogP contribution is -2.94. The van der Waals surface area contributed by atoms with Gasteiger partial charge in [-0.25, -0.2) is 20.1 Å². The van der Waals surface area contributed by atoms with E-state index in [2.05, 4.69) is 15.3 Å². The van der Waals surface area contributed by atoms with Crippen LogP contribution in [0.15, 0.2) is 71.5 Å². The summed E-state index contributed by atoms with van der Waals surface area (Å²) in [5.41, 5.74) is -1.87. The van der Waals surface area contributed by atoms with Crippen LogP contribution in [-0.2, 0) is 11.3 Å². The highest BCUT2D eigenvalue weighted by molar-refractivity contribution is 6.11. The van der Waals surface area contributed by atoms with Crippen molar-refractivity contribution in [2.75, 3.05) is 5.32 Å². The minimum Gasteiger partial charge on any atom is -0.465 e. The summed E-state index contributed by atoms with van der Waals surface area (Å²) in [5.74, 6) is -0.728. The number of pyridine rings is 1. The number of aromatic nitrogens is 1. The van der Waals surface area contributed by atoms with Gasteiger partial charge in [0.15, 0.2) is 6.54 Å². The standard InChI is InChI=1S/C21H17F3N4O2/c1-14-9-10-25-17(12-14)26-20(21(22,23)24)19(29)28(13-16-8-5-11-30-16)18(27-20)15-6-3-2-4-7-15/h2-12H,13H2,1H3,(H,25,26)/p+2/t20-/m1/s1. The molecular formula is C21H19F3N4O2+2. The van der Waals surface area contributed by atoms with E-state index in [9.17, 15) is 18.0 Å². The summed E-state index contributed by atoms with van der Waals surface area (Å²) in [7, 11) is 0. The quantitative estimate of drug-likeness (QED) is 0.664. The Morgan fingerprint density at radius 1 is 1.13 bits per heavy atom. The maximum absolute atomic E-state index is 14.4. The first-order chi connectivity index (χ1) is 14.3. The topological polar surface area (TPSA) is 73.6 Å². The highest BCUT2D eigenvalue weighted by Gasteiger charge is 2.75. The molecule has 6 nitrogen and oxygen atoms in total. The zero-order chi connectivity index (χ0) is 21.4. The number of H-pyrrole nitrogens is 1. The second-order valence-electron chi connectivity index (χ2n) is 6.96. The van der Waals surface area contributed by atoms with Gasteiger partial charge in [0, 0.05) is 6.07 Å². The van der Waals surface area contributed by atoms with Crippen molar-refractivity contribution < 1.29 is 32.4 Å². The molecule has 9 heteroatoms. The van der Waals surface area contributed by atoms with E-state index in [0.717, 1.165) is 10.5 Å². The van der Waals surface area contributed by atoms with Gasteiger partial charge in [-0.3, -0.25) is 0 Å². The van der Waals surface area contributed by atoms with Crippen LogP contribution in [0.1, 0.15) is 16.9 Å². The van der Waals surface area contributed by atoms with Gasteiger partial charge in [-0.05, 0) is 42.8 Å². The largest absolute Gasteiger partial charge is 0.488 e. The SMILES string of the molecule is Cc1cc[nH+]c(N[C@@]2(C(F)(F)F)[NH+]=C(c3ccccc3)N(Cc3ccco3)C2=O)c1. The molecular weight excluding hydrogens is 397 g/mol. The van der Waals surface area contributed by atoms with E-state index in [1.165, 1.54) is 18.5 Å². The molecule has 0 aliphatic carbocycles. The van der Waals surface area contributed by atoms with Crippen molar-refractivity contribution in [3.05, 3.63) is 83.9 Å². The zero-order valence-electron chi connectivity index (χ0n) is 16.0. The number of amidine groups is 1. The fraction of sp³-hybridized carbons (Fsp3) is 0.190. The van der Waals surface area contributed by atoms with Crippen molar-refractivity contribution >= 4 is 17.6 Å². The Bertz CT molecular complexity index is 1080. The summed E-state index contributed by atoms with van der Waals surface area (Å²) in [6.45, 7) is 1.59. The molecule has 154 valence electrons. The lowest BCUT2D eigenvalue weighted by molar-refractivity contribution is -0.568. The number of carbonyl (C=O) groups is 1. The average Bonchev–Trinajstić information content (AvgIpc) is 3.31. The Hall–Kier alpha value is -3.62. The molecule has 3 heterocycles. The lowest BCUT2D eigenvalue weighted by Gasteiger charge is -2.20. The Kier molecular flexibility index (Phi) is 4.81. The van der Waals surface area contributed by atoms with Gasteiger partial charge in [0.05, 0.1) is 18.0 Å². The number of alkyl halides is 3. The molecule has 2 aromatic heterocycles. The van der Waals surface area contributed by atoms with Crippen molar-refractivity contribution in [3.63, 3.8) is 0 Å². The number of amides is 1. The predicted octanol–water partition coefficient (Wildman–Crippen LogP) is 1.64. The van der Waals surface area contributed by atoms with Crippen molar-refractivity contribution in [2.45, 2.75) is 25.3 Å². The van der Waals surface area contributed by atoms with Crippen LogP contribution in [0.2, 0.25) is 0 Å². The molecule has 1 atom stereocenters. The number of carbonyl (C=O) groups excluding carboxylic acids is 1. The third-order valence-electron chi connectivity index (χ3n) is 4.79. The van der Waals surface area contributed by atoms with E-state index < -0.39 is 17.7 Å². The number of aryl methyl sites for hydroxylation is 1. The van der Waals surface area contributed by atoms with Gasteiger partial charge >= 0.3 is 17.7 Å². The van der Waals surface area contributed by atoms with E-state index in [1.54, 1.807) is 55.5 Å². The van der Waals surface area contributed by atoms with Gasteiger partial charge in [0.2, 0.25) is 0 Å². The van der Waals surface area contributed by atoms with Gasteiger partial charge in [-0.2, -0.15) is 18.1 Å². The number of hydrogen-bond acceptors (Lipinski definition) is 3. The summed E-state index contributed by atoms with van der Waals surface area (Å²) in [5, 5.41) is 2.36. The summed E-state index contributed by atoms with van der Waals surface area (Å²) in [6, 6.07) is 14.8. The van der Waals surface area contributed by atoms with Crippen molar-refractivity contribution in [1.82, 2.24) is 4.90 Å². The number of rotatable bonds is 5. The first-order valence-corrected chi connectivity index (χ1v) is 9.18. The minimum atomic E-state index is -4.94. The molecule has 1 aromatic carbocycles. The summed E-state index contributed by atoms with van der Waals surface area (Å²) < 4.78 is 48.4. The number of hydrogen-bond donors (Lipinski definition) is 2. The normalized spacial score (nSPS) is 19.1. The maximum Gasteiger partial charge on any atom is 0.488 e. The molecule has 1 aliphatic heterocycles. The molecule has 0 unspecified atom stereocenters. The molecule has 0 bridgehead atoms. The van der Waals surface area contributed by atoms with Crippen molar-refractivity contribution in [3.8, 4) is 0 Å². The molecule has 0 saturated carbocycles. The molecule has 4 rings (SSSR count). The van der Waals surface area contributed by atoms with E-state index in [1.807, 2.05) is 0 Å². The average molecular weight is 416 g/mol. The lowest BCUT2D eigenvalue weighted by atomic mass is 10.1. The Morgan fingerprint density at radius 2 is 1.90 bits per heavy atom. The summed E-state index contributed by atoms with van der Waals surface area (Å²) in [6.07, 6.45) is -2.04. The first kappa shape index (κ1) is 19.7. The Balaban J connectivity index is 1.84. The van der Waals surface area contributed by atoms with Crippen LogP contribution in [0, 0.1) is 6.92 Å². The molecule has 3 aromatic rings. The molecule has 0 fully saturated rings. The molecule has 30 heavy (non-hydrogen) atoms. The Labute approximate surface area is 170 Å². The third kappa shape index (κ3) is 3.42. The van der Waals surface area contributed by atoms with E-state index in [4.69, 9.17) is 4.42 Å². The fourth-order valence-electron chi connectivity index (χ4n) is 3.34. The summed E-state index contributed by atoms with van der Waals surface area (Å²) in [4.78, 5) is 19.5. The second-order valence-corrected chi connectivity index (χ2v) is 6.96. The van der Waals surface area contributed by atoms with Crippen molar-refractivity contribution in [2.24, 2.45) is 0 Å². The van der Waals surface area contributed by atoms with Crippen LogP contribution < -0.4 is 15.3 Å². The van der Waals surface area contributed by atoms with Crippen molar-refractivity contribution in [1.29, 1.82) is 0 Å². The number of furan rings is 1. The summed E-state index contributed by atoms with van der Waals surface area (Å²) >= 11 is 0. The fourth-order valence-corrected chi connectivity index (χ4v) is 3.34. The van der Waals surface area contributed by atoms with Gasteiger partial charge in [-0.1, -0.05) is 18.2 Å². The minimum absolute atomic E-state index is 0.0366. The molecule has 1 amide bonds. The Morgan fingerprint density at radius 3 is 2.53 bits per heavy atom. The highest BCUT2D eigenvalue weighted by atomic mass is 19.4. The number of nitrogens with one attached hydrogen (secondary N) is 3. The third-order valence-corrected chi connectivity index (χ3v) is 4.79. The predicted molar refractivity (Wildman–Crippen MR) is 101 cm³/mol. The van der Waals surface area contributed by atoms with Crippen LogP contribution >= 0.6 is 0 Å². The number of nitrogens with zero attached hydrogens (tertiary/aromatic N) is 1. The monoisotopic (exact) mass is 416 g/mol. The maximum atomic E-state index is 14.4. The van der Waals surface area contributed by atoms with E-state index in [0.29, 0.717) is 11.3 Å². The molecule has 1 aliphatic rings. The molecule has 0 saturated heterocycles.